The topological polar surface area (TPSA) is 29.3 Å². The highest BCUT2D eigenvalue weighted by Gasteiger charge is 2.29. The lowest BCUT2D eigenvalue weighted by atomic mass is 10.1. The van der Waals surface area contributed by atoms with Crippen LogP contribution in [-0.2, 0) is 6.54 Å². The highest BCUT2D eigenvalue weighted by Crippen LogP contribution is 2.33. The maximum Gasteiger partial charge on any atom is 0.0414 e. The van der Waals surface area contributed by atoms with Gasteiger partial charge in [-0.2, -0.15) is 0 Å². The van der Waals surface area contributed by atoms with Crippen LogP contribution in [0.5, 0.6) is 0 Å². The fraction of sp³-hybridized carbons (Fsp3) is 0.571. The Morgan fingerprint density at radius 3 is 2.69 bits per heavy atom. The van der Waals surface area contributed by atoms with Crippen LogP contribution in [0.3, 0.4) is 0 Å². The fourth-order valence-electron chi connectivity index (χ4n) is 2.28. The highest BCUT2D eigenvalue weighted by atomic mass is 15.2. The molecule has 0 unspecified atom stereocenters. The molecule has 0 aliphatic heterocycles. The average molecular weight is 218 g/mol. The molecule has 0 radical (unpaired) electrons. The van der Waals surface area contributed by atoms with Crippen molar-refractivity contribution in [3.05, 3.63) is 29.3 Å². The summed E-state index contributed by atoms with van der Waals surface area (Å²) in [6, 6.07) is 7.43. The Balaban J connectivity index is 2.28. The summed E-state index contributed by atoms with van der Waals surface area (Å²) in [6.45, 7) is 6.17. The van der Waals surface area contributed by atoms with Gasteiger partial charge >= 0.3 is 0 Å². The SMILES string of the molecule is CCCN(c1ccc(C)cc1CN)C1CC1. The van der Waals surface area contributed by atoms with Crippen LogP contribution in [0.1, 0.15) is 37.3 Å². The molecule has 0 heterocycles. The molecule has 1 aromatic rings. The summed E-state index contributed by atoms with van der Waals surface area (Å²) in [5.74, 6) is 0. The monoisotopic (exact) mass is 218 g/mol. The number of benzene rings is 1. The third kappa shape index (κ3) is 2.38. The lowest BCUT2D eigenvalue weighted by Gasteiger charge is -2.26. The molecular formula is C14H22N2. The number of hydrogen-bond donors (Lipinski definition) is 1. The van der Waals surface area contributed by atoms with Gasteiger partial charge in [0.1, 0.15) is 0 Å². The molecule has 0 atom stereocenters. The Morgan fingerprint density at radius 2 is 2.12 bits per heavy atom. The molecule has 2 nitrogen and oxygen atoms in total. The second-order valence-electron chi connectivity index (χ2n) is 4.76. The van der Waals surface area contributed by atoms with Crippen LogP contribution < -0.4 is 10.6 Å². The minimum atomic E-state index is 0.643. The Labute approximate surface area is 98.4 Å². The summed E-state index contributed by atoms with van der Waals surface area (Å²) in [4.78, 5) is 2.54. The van der Waals surface area contributed by atoms with E-state index in [1.807, 2.05) is 0 Å². The first-order chi connectivity index (χ1) is 7.76. The van der Waals surface area contributed by atoms with Gasteiger partial charge in [0.15, 0.2) is 0 Å². The van der Waals surface area contributed by atoms with Crippen LogP contribution >= 0.6 is 0 Å². The van der Waals surface area contributed by atoms with Crippen molar-refractivity contribution in [1.82, 2.24) is 0 Å². The highest BCUT2D eigenvalue weighted by molar-refractivity contribution is 5.56. The first kappa shape index (κ1) is 11.5. The van der Waals surface area contributed by atoms with Crippen molar-refractivity contribution in [2.45, 2.75) is 45.7 Å². The van der Waals surface area contributed by atoms with E-state index in [2.05, 4.69) is 36.9 Å². The number of nitrogens with zero attached hydrogens (tertiary/aromatic N) is 1. The van der Waals surface area contributed by atoms with Crippen molar-refractivity contribution in [2.24, 2.45) is 5.73 Å². The van der Waals surface area contributed by atoms with E-state index in [0.717, 1.165) is 12.6 Å². The summed E-state index contributed by atoms with van der Waals surface area (Å²) >= 11 is 0. The molecule has 1 fully saturated rings. The van der Waals surface area contributed by atoms with Gasteiger partial charge in [0.2, 0.25) is 0 Å². The van der Waals surface area contributed by atoms with Crippen molar-refractivity contribution in [3.8, 4) is 0 Å². The second kappa shape index (κ2) is 4.88. The van der Waals surface area contributed by atoms with Crippen LogP contribution in [0, 0.1) is 6.92 Å². The van der Waals surface area contributed by atoms with E-state index >= 15 is 0 Å². The summed E-state index contributed by atoms with van der Waals surface area (Å²) in [6.07, 6.45) is 3.89. The van der Waals surface area contributed by atoms with Gasteiger partial charge < -0.3 is 10.6 Å². The summed E-state index contributed by atoms with van der Waals surface area (Å²) in [5.41, 5.74) is 9.80. The Bertz CT molecular complexity index is 356. The Hall–Kier alpha value is -1.02. The molecule has 0 amide bonds. The fourth-order valence-corrected chi connectivity index (χ4v) is 2.28. The predicted molar refractivity (Wildman–Crippen MR) is 69.7 cm³/mol. The smallest absolute Gasteiger partial charge is 0.0414 e. The van der Waals surface area contributed by atoms with Crippen LogP contribution in [0.4, 0.5) is 5.69 Å². The van der Waals surface area contributed by atoms with Crippen molar-refractivity contribution in [2.75, 3.05) is 11.4 Å². The van der Waals surface area contributed by atoms with Crippen molar-refractivity contribution < 1.29 is 0 Å². The normalized spacial score (nSPS) is 15.2. The number of aryl methyl sites for hydroxylation is 1. The number of anilines is 1. The Kier molecular flexibility index (Phi) is 3.49. The summed E-state index contributed by atoms with van der Waals surface area (Å²) in [7, 11) is 0. The molecule has 2 heteroatoms. The first-order valence-electron chi connectivity index (χ1n) is 6.32. The minimum Gasteiger partial charge on any atom is -0.368 e. The van der Waals surface area contributed by atoms with Gasteiger partial charge in [-0.1, -0.05) is 24.6 Å². The largest absolute Gasteiger partial charge is 0.368 e. The summed E-state index contributed by atoms with van der Waals surface area (Å²) in [5, 5.41) is 0. The zero-order chi connectivity index (χ0) is 11.5. The van der Waals surface area contributed by atoms with Gasteiger partial charge in [-0.05, 0) is 37.8 Å². The van der Waals surface area contributed by atoms with Crippen LogP contribution in [-0.4, -0.2) is 12.6 Å². The minimum absolute atomic E-state index is 0.643. The van der Waals surface area contributed by atoms with Gasteiger partial charge in [0, 0.05) is 24.8 Å². The standard InChI is InChI=1S/C14H22N2/c1-3-8-16(13-5-6-13)14-7-4-11(2)9-12(14)10-15/h4,7,9,13H,3,5-6,8,10,15H2,1-2H3. The van der Waals surface area contributed by atoms with E-state index in [1.54, 1.807) is 0 Å². The third-order valence-corrected chi connectivity index (χ3v) is 3.22. The zero-order valence-corrected chi connectivity index (χ0v) is 10.4. The molecule has 88 valence electrons. The quantitative estimate of drug-likeness (QED) is 0.823. The van der Waals surface area contributed by atoms with Gasteiger partial charge in [0.05, 0.1) is 0 Å². The van der Waals surface area contributed by atoms with E-state index in [-0.39, 0.29) is 0 Å². The molecule has 0 spiro atoms. The van der Waals surface area contributed by atoms with Gasteiger partial charge in [0.25, 0.3) is 0 Å². The van der Waals surface area contributed by atoms with Crippen molar-refractivity contribution >= 4 is 5.69 Å². The maximum atomic E-state index is 5.85. The molecule has 1 aromatic carbocycles. The van der Waals surface area contributed by atoms with Crippen LogP contribution in [0.25, 0.3) is 0 Å². The molecule has 1 aliphatic carbocycles. The molecule has 1 aliphatic rings. The van der Waals surface area contributed by atoms with Gasteiger partial charge in [-0.3, -0.25) is 0 Å². The van der Waals surface area contributed by atoms with E-state index in [4.69, 9.17) is 5.73 Å². The molecular weight excluding hydrogens is 196 g/mol. The molecule has 0 saturated heterocycles. The second-order valence-corrected chi connectivity index (χ2v) is 4.76. The molecule has 0 aromatic heterocycles. The molecule has 1 saturated carbocycles. The number of rotatable bonds is 5. The van der Waals surface area contributed by atoms with Gasteiger partial charge in [-0.25, -0.2) is 0 Å². The maximum absolute atomic E-state index is 5.85. The number of nitrogens with two attached hydrogens (primary N) is 1. The van der Waals surface area contributed by atoms with Crippen LogP contribution in [0.2, 0.25) is 0 Å². The van der Waals surface area contributed by atoms with E-state index < -0.39 is 0 Å². The van der Waals surface area contributed by atoms with Crippen LogP contribution in [0.15, 0.2) is 18.2 Å². The van der Waals surface area contributed by atoms with Crippen molar-refractivity contribution in [1.29, 1.82) is 0 Å². The summed E-state index contributed by atoms with van der Waals surface area (Å²) < 4.78 is 0. The van der Waals surface area contributed by atoms with E-state index in [1.165, 1.54) is 36.1 Å². The molecule has 2 N–H and O–H groups in total. The molecule has 16 heavy (non-hydrogen) atoms. The average Bonchev–Trinajstić information content (AvgIpc) is 3.10. The van der Waals surface area contributed by atoms with Gasteiger partial charge in [-0.15, -0.1) is 0 Å². The van der Waals surface area contributed by atoms with Crippen molar-refractivity contribution in [3.63, 3.8) is 0 Å². The lowest BCUT2D eigenvalue weighted by Crippen LogP contribution is -2.27. The van der Waals surface area contributed by atoms with E-state index in [9.17, 15) is 0 Å². The van der Waals surface area contributed by atoms with E-state index in [0.29, 0.717) is 6.54 Å². The zero-order valence-electron chi connectivity index (χ0n) is 10.4. The predicted octanol–water partition coefficient (Wildman–Crippen LogP) is 2.83. The molecule has 2 rings (SSSR count). The first-order valence-corrected chi connectivity index (χ1v) is 6.32. The lowest BCUT2D eigenvalue weighted by molar-refractivity contribution is 0.757. The molecule has 0 bridgehead atoms. The third-order valence-electron chi connectivity index (χ3n) is 3.22. The Morgan fingerprint density at radius 1 is 1.38 bits per heavy atom. The number of hydrogen-bond acceptors (Lipinski definition) is 2.